The van der Waals surface area contributed by atoms with Gasteiger partial charge in [0.2, 0.25) is 5.91 Å². The minimum Gasteiger partial charge on any atom is -0.368 e. The van der Waals surface area contributed by atoms with Crippen LogP contribution in [0.25, 0.3) is 17.0 Å². The predicted octanol–water partition coefficient (Wildman–Crippen LogP) is 2.82. The summed E-state index contributed by atoms with van der Waals surface area (Å²) in [7, 11) is 0. The Hall–Kier alpha value is -2.54. The third-order valence-corrected chi connectivity index (χ3v) is 4.76. The number of carbonyl (C=O) groups is 3. The molecule has 0 atom stereocenters. The van der Waals surface area contributed by atoms with Crippen LogP contribution in [0.3, 0.4) is 0 Å². The Morgan fingerprint density at radius 2 is 2.00 bits per heavy atom. The molecule has 1 aliphatic heterocycles. The summed E-state index contributed by atoms with van der Waals surface area (Å²) < 4.78 is 1.75. The molecule has 0 bridgehead atoms. The maximum Gasteiger partial charge on any atom is 0.293 e. The van der Waals surface area contributed by atoms with Gasteiger partial charge in [0.05, 0.1) is 4.91 Å². The highest BCUT2D eigenvalue weighted by Gasteiger charge is 2.35. The lowest BCUT2D eigenvalue weighted by molar-refractivity contribution is -0.123. The van der Waals surface area contributed by atoms with Crippen LogP contribution in [0.5, 0.6) is 0 Å². The molecule has 2 heterocycles. The Morgan fingerprint density at radius 3 is 2.68 bits per heavy atom. The number of fused-ring (bicyclic) bond motifs is 1. The van der Waals surface area contributed by atoms with E-state index in [1.165, 1.54) is 4.90 Å². The third kappa shape index (κ3) is 3.46. The molecule has 0 aliphatic carbocycles. The van der Waals surface area contributed by atoms with Gasteiger partial charge in [-0.2, -0.15) is 0 Å². The molecule has 1 fully saturated rings. The number of thioether (sulfide) groups is 1. The Kier molecular flexibility index (Phi) is 4.67. The molecule has 0 spiro atoms. The van der Waals surface area contributed by atoms with E-state index in [1.807, 2.05) is 38.1 Å². The first kappa shape index (κ1) is 17.3. The summed E-state index contributed by atoms with van der Waals surface area (Å²) >= 11 is 0.948. The van der Waals surface area contributed by atoms with Crippen molar-refractivity contribution < 1.29 is 14.4 Å². The molecule has 2 N–H and O–H groups in total. The van der Waals surface area contributed by atoms with Crippen molar-refractivity contribution in [2.45, 2.75) is 20.4 Å². The molecule has 0 radical (unpaired) electrons. The maximum atomic E-state index is 12.5. The molecule has 1 aromatic heterocycles. The molecule has 25 heavy (non-hydrogen) atoms. The second-order valence-electron chi connectivity index (χ2n) is 6.38. The van der Waals surface area contributed by atoms with E-state index in [4.69, 9.17) is 5.73 Å². The summed E-state index contributed by atoms with van der Waals surface area (Å²) in [5.41, 5.74) is 6.95. The monoisotopic (exact) mass is 357 g/mol. The first-order chi connectivity index (χ1) is 11.9. The minimum absolute atomic E-state index is 0.0587. The first-order valence-corrected chi connectivity index (χ1v) is 8.80. The van der Waals surface area contributed by atoms with Crippen LogP contribution >= 0.6 is 11.8 Å². The summed E-state index contributed by atoms with van der Waals surface area (Å²) in [6.07, 6.45) is 3.50. The highest BCUT2D eigenvalue weighted by Crippen LogP contribution is 2.34. The van der Waals surface area contributed by atoms with E-state index in [0.717, 1.165) is 28.2 Å². The second kappa shape index (κ2) is 6.76. The average molecular weight is 357 g/mol. The van der Waals surface area contributed by atoms with Crippen molar-refractivity contribution in [3.05, 3.63) is 40.9 Å². The van der Waals surface area contributed by atoms with Crippen molar-refractivity contribution >= 4 is 45.8 Å². The highest BCUT2D eigenvalue weighted by molar-refractivity contribution is 8.18. The van der Waals surface area contributed by atoms with Gasteiger partial charge in [0, 0.05) is 29.2 Å². The van der Waals surface area contributed by atoms with Crippen LogP contribution in [0.15, 0.2) is 35.4 Å². The molecule has 0 saturated carbocycles. The molecule has 130 valence electrons. The number of benzene rings is 1. The molecule has 1 aromatic carbocycles. The van der Waals surface area contributed by atoms with Crippen LogP contribution in [0, 0.1) is 5.92 Å². The summed E-state index contributed by atoms with van der Waals surface area (Å²) in [6.45, 7) is 4.39. The van der Waals surface area contributed by atoms with Crippen LogP contribution in [0.4, 0.5) is 4.79 Å². The number of nitrogens with two attached hydrogens (primary N) is 1. The predicted molar refractivity (Wildman–Crippen MR) is 98.6 cm³/mol. The van der Waals surface area contributed by atoms with E-state index in [0.29, 0.717) is 11.4 Å². The largest absolute Gasteiger partial charge is 0.368 e. The van der Waals surface area contributed by atoms with Gasteiger partial charge in [0.15, 0.2) is 0 Å². The van der Waals surface area contributed by atoms with E-state index in [2.05, 4.69) is 0 Å². The van der Waals surface area contributed by atoms with E-state index >= 15 is 0 Å². The fourth-order valence-corrected chi connectivity index (χ4v) is 3.69. The van der Waals surface area contributed by atoms with Crippen molar-refractivity contribution in [3.8, 4) is 0 Å². The van der Waals surface area contributed by atoms with Gasteiger partial charge in [0.1, 0.15) is 6.54 Å². The number of imide groups is 1. The summed E-state index contributed by atoms with van der Waals surface area (Å²) in [6, 6.07) is 7.57. The number of hydrogen-bond acceptors (Lipinski definition) is 4. The molecule has 7 heteroatoms. The highest BCUT2D eigenvalue weighted by atomic mass is 32.2. The number of aromatic nitrogens is 1. The quantitative estimate of drug-likeness (QED) is 0.834. The molecular weight excluding hydrogens is 338 g/mol. The Labute approximate surface area is 149 Å². The number of carbonyl (C=O) groups excluding carboxylic acids is 3. The van der Waals surface area contributed by atoms with Crippen LogP contribution in [-0.4, -0.2) is 33.1 Å². The average Bonchev–Trinajstić information content (AvgIpc) is 3.00. The van der Waals surface area contributed by atoms with Crippen molar-refractivity contribution in [1.82, 2.24) is 9.47 Å². The van der Waals surface area contributed by atoms with Gasteiger partial charge >= 0.3 is 0 Å². The fraction of sp³-hybridized carbons (Fsp3) is 0.278. The number of hydrogen-bond donors (Lipinski definition) is 1. The molecule has 3 rings (SSSR count). The normalized spacial score (nSPS) is 16.6. The second-order valence-corrected chi connectivity index (χ2v) is 7.38. The zero-order valence-corrected chi connectivity index (χ0v) is 14.9. The van der Waals surface area contributed by atoms with Gasteiger partial charge in [-0.25, -0.2) is 0 Å². The maximum absolute atomic E-state index is 12.5. The van der Waals surface area contributed by atoms with Gasteiger partial charge in [-0.1, -0.05) is 32.0 Å². The lowest BCUT2D eigenvalue weighted by atomic mass is 10.1. The summed E-state index contributed by atoms with van der Waals surface area (Å²) in [5.74, 6) is -0.495. The molecular formula is C18H19N3O3S. The number of nitrogens with zero attached hydrogens (tertiary/aromatic N) is 2. The minimum atomic E-state index is -0.440. The van der Waals surface area contributed by atoms with E-state index < -0.39 is 5.91 Å². The zero-order valence-electron chi connectivity index (χ0n) is 14.1. The lowest BCUT2D eigenvalue weighted by Gasteiger charge is -2.14. The van der Waals surface area contributed by atoms with Crippen LogP contribution in [0.1, 0.15) is 19.4 Å². The number of primary amides is 1. The van der Waals surface area contributed by atoms with Gasteiger partial charge in [-0.05, 0) is 29.8 Å². The fourth-order valence-electron chi connectivity index (χ4n) is 2.85. The molecule has 2 aromatic rings. The van der Waals surface area contributed by atoms with Crippen LogP contribution < -0.4 is 5.73 Å². The van der Waals surface area contributed by atoms with Crippen molar-refractivity contribution in [3.63, 3.8) is 0 Å². The standard InChI is InChI=1S/C18H19N3O3S/c1-11(2)8-21-17(23)15(25-18(21)24)7-12-9-20(10-16(19)22)14-6-4-3-5-13(12)14/h3-7,9,11H,8,10H2,1-2H3,(H2,19,22)/b15-7-. The molecule has 3 amide bonds. The molecule has 1 aliphatic rings. The van der Waals surface area contributed by atoms with Gasteiger partial charge in [0.25, 0.3) is 11.1 Å². The Bertz CT molecular complexity index is 898. The summed E-state index contributed by atoms with van der Waals surface area (Å²) in [4.78, 5) is 37.6. The van der Waals surface area contributed by atoms with E-state index in [1.54, 1.807) is 16.8 Å². The smallest absolute Gasteiger partial charge is 0.293 e. The first-order valence-electron chi connectivity index (χ1n) is 7.98. The van der Waals surface area contributed by atoms with Gasteiger partial charge in [-0.3, -0.25) is 19.3 Å². The number of para-hydroxylation sites is 1. The zero-order chi connectivity index (χ0) is 18.1. The lowest BCUT2D eigenvalue weighted by Crippen LogP contribution is -2.31. The van der Waals surface area contributed by atoms with Crippen molar-refractivity contribution in [2.24, 2.45) is 11.7 Å². The summed E-state index contributed by atoms with van der Waals surface area (Å²) in [5, 5.41) is 0.658. The van der Waals surface area contributed by atoms with E-state index in [-0.39, 0.29) is 23.6 Å². The van der Waals surface area contributed by atoms with E-state index in [9.17, 15) is 14.4 Å². The van der Waals surface area contributed by atoms with Crippen LogP contribution in [-0.2, 0) is 16.1 Å². The third-order valence-electron chi connectivity index (χ3n) is 3.85. The molecule has 0 unspecified atom stereocenters. The van der Waals surface area contributed by atoms with Crippen LogP contribution in [0.2, 0.25) is 0 Å². The molecule has 1 saturated heterocycles. The Morgan fingerprint density at radius 1 is 1.28 bits per heavy atom. The Balaban J connectivity index is 2.00. The number of amides is 3. The SMILES string of the molecule is CC(C)CN1C(=O)S/C(=C\c2cn(CC(N)=O)c3ccccc23)C1=O. The van der Waals surface area contributed by atoms with Crippen molar-refractivity contribution in [1.29, 1.82) is 0 Å². The van der Waals surface area contributed by atoms with Gasteiger partial charge < -0.3 is 10.3 Å². The van der Waals surface area contributed by atoms with Crippen molar-refractivity contribution in [2.75, 3.05) is 6.54 Å². The number of rotatable bonds is 5. The van der Waals surface area contributed by atoms with Gasteiger partial charge in [-0.15, -0.1) is 0 Å². The topological polar surface area (TPSA) is 85.4 Å². The molecule has 6 nitrogen and oxygen atoms in total.